The Kier molecular flexibility index (Phi) is 22.8. The molecule has 0 aliphatic rings. The lowest BCUT2D eigenvalue weighted by Crippen LogP contribution is -1.72. The molecule has 0 fully saturated rings. The van der Waals surface area contributed by atoms with Crippen molar-refractivity contribution < 1.29 is 0 Å². The molecule has 0 heteroatoms. The molecule has 0 N–H and O–H groups in total. The van der Waals surface area contributed by atoms with Crippen LogP contribution in [0, 0.1) is 0 Å². The van der Waals surface area contributed by atoms with Crippen LogP contribution in [-0.4, -0.2) is 0 Å². The predicted octanol–water partition coefficient (Wildman–Crippen LogP) is 6.62. The minimum absolute atomic E-state index is 1.16. The third kappa shape index (κ3) is 24.3. The van der Waals surface area contributed by atoms with E-state index in [1.807, 2.05) is 24.3 Å². The molecule has 0 spiro atoms. The molecule has 18 heavy (non-hydrogen) atoms. The fraction of sp³-hybridized carbons (Fsp3) is 0.556. The summed E-state index contributed by atoms with van der Waals surface area (Å²) in [4.78, 5) is 0. The molecule has 104 valence electrons. The van der Waals surface area contributed by atoms with Crippen LogP contribution in [0.2, 0.25) is 0 Å². The molecule has 0 aliphatic heterocycles. The van der Waals surface area contributed by atoms with Crippen LogP contribution in [0.1, 0.15) is 64.2 Å². The molecular formula is C18H32. The monoisotopic (exact) mass is 248 g/mol. The van der Waals surface area contributed by atoms with Crippen LogP contribution in [0.15, 0.2) is 50.6 Å². The van der Waals surface area contributed by atoms with Crippen molar-refractivity contribution in [1.29, 1.82) is 0 Å². The van der Waals surface area contributed by atoms with Gasteiger partial charge in [0.2, 0.25) is 0 Å². The van der Waals surface area contributed by atoms with Gasteiger partial charge in [0, 0.05) is 0 Å². The zero-order valence-corrected chi connectivity index (χ0v) is 12.2. The summed E-state index contributed by atoms with van der Waals surface area (Å²) in [6.07, 6.45) is 20.4. The highest BCUT2D eigenvalue weighted by Gasteiger charge is 1.83. The largest absolute Gasteiger partial charge is 0.103 e. The lowest BCUT2D eigenvalue weighted by Gasteiger charge is -1.92. The Hall–Kier alpha value is -1.04. The highest BCUT2D eigenvalue weighted by atomic mass is 13.9. The number of unbranched alkanes of at least 4 members (excludes halogenated alkanes) is 8. The van der Waals surface area contributed by atoms with Gasteiger partial charge in [-0.25, -0.2) is 0 Å². The van der Waals surface area contributed by atoms with E-state index in [4.69, 9.17) is 0 Å². The summed E-state index contributed by atoms with van der Waals surface area (Å²) in [6.45, 7) is 14.6. The van der Waals surface area contributed by atoms with Gasteiger partial charge in [-0.15, -0.1) is 26.3 Å². The molecule has 0 amide bonds. The fourth-order valence-corrected chi connectivity index (χ4v) is 1.51. The lowest BCUT2D eigenvalue weighted by atomic mass is 10.1. The summed E-state index contributed by atoms with van der Waals surface area (Å²) in [5.74, 6) is 0. The Balaban J connectivity index is 0. The standard InChI is InChI=1S/2C9H16/c2*1-3-5-7-9-8-6-4-2/h2*3-4H,1-2,5-9H2. The maximum absolute atomic E-state index is 3.66. The summed E-state index contributed by atoms with van der Waals surface area (Å²) < 4.78 is 0. The summed E-state index contributed by atoms with van der Waals surface area (Å²) in [7, 11) is 0. The minimum atomic E-state index is 1.16. The smallest absolute Gasteiger partial charge is 0.0353 e. The van der Waals surface area contributed by atoms with Gasteiger partial charge in [-0.05, 0) is 51.4 Å². The third-order valence-corrected chi connectivity index (χ3v) is 2.63. The number of rotatable bonds is 12. The molecule has 0 atom stereocenters. The summed E-state index contributed by atoms with van der Waals surface area (Å²) in [5.41, 5.74) is 0. The highest BCUT2D eigenvalue weighted by Crippen LogP contribution is 2.03. The van der Waals surface area contributed by atoms with Gasteiger partial charge in [-0.2, -0.15) is 0 Å². The van der Waals surface area contributed by atoms with E-state index in [0.29, 0.717) is 0 Å². The molecule has 0 bridgehead atoms. The summed E-state index contributed by atoms with van der Waals surface area (Å²) >= 11 is 0. The van der Waals surface area contributed by atoms with Gasteiger partial charge in [-0.3, -0.25) is 0 Å². The van der Waals surface area contributed by atoms with E-state index >= 15 is 0 Å². The highest BCUT2D eigenvalue weighted by molar-refractivity contribution is 4.69. The molecule has 0 saturated heterocycles. The van der Waals surface area contributed by atoms with Gasteiger partial charge in [-0.1, -0.05) is 37.1 Å². The van der Waals surface area contributed by atoms with E-state index in [-0.39, 0.29) is 0 Å². The molecule has 0 aliphatic carbocycles. The quantitative estimate of drug-likeness (QED) is 0.269. The van der Waals surface area contributed by atoms with Crippen LogP contribution in [0.3, 0.4) is 0 Å². The van der Waals surface area contributed by atoms with E-state index in [1.54, 1.807) is 0 Å². The SMILES string of the molecule is C=CCCCCCC=C.C=CCCCCCC=C. The Morgan fingerprint density at radius 1 is 0.389 bits per heavy atom. The molecule has 0 nitrogen and oxygen atoms in total. The lowest BCUT2D eigenvalue weighted by molar-refractivity contribution is 0.697. The van der Waals surface area contributed by atoms with Gasteiger partial charge >= 0.3 is 0 Å². The first-order chi connectivity index (χ1) is 8.83. The fourth-order valence-electron chi connectivity index (χ4n) is 1.51. The average molecular weight is 248 g/mol. The van der Waals surface area contributed by atoms with Gasteiger partial charge < -0.3 is 0 Å². The van der Waals surface area contributed by atoms with Crippen molar-refractivity contribution in [3.63, 3.8) is 0 Å². The Bertz CT molecular complexity index is 146. The molecule has 0 aromatic carbocycles. The van der Waals surface area contributed by atoms with Crippen LogP contribution in [0.4, 0.5) is 0 Å². The second kappa shape index (κ2) is 21.3. The van der Waals surface area contributed by atoms with Gasteiger partial charge in [0.1, 0.15) is 0 Å². The van der Waals surface area contributed by atoms with Crippen LogP contribution in [0.25, 0.3) is 0 Å². The van der Waals surface area contributed by atoms with E-state index in [0.717, 1.165) is 25.7 Å². The van der Waals surface area contributed by atoms with Crippen molar-refractivity contribution in [2.75, 3.05) is 0 Å². The van der Waals surface area contributed by atoms with E-state index in [2.05, 4.69) is 26.3 Å². The Labute approximate surface area is 115 Å². The molecule has 0 radical (unpaired) electrons. The Morgan fingerprint density at radius 2 is 0.611 bits per heavy atom. The maximum atomic E-state index is 3.66. The van der Waals surface area contributed by atoms with Crippen LogP contribution >= 0.6 is 0 Å². The number of hydrogen-bond acceptors (Lipinski definition) is 0. The van der Waals surface area contributed by atoms with Crippen LogP contribution in [-0.2, 0) is 0 Å². The first kappa shape index (κ1) is 19.3. The van der Waals surface area contributed by atoms with Crippen LogP contribution < -0.4 is 0 Å². The van der Waals surface area contributed by atoms with Crippen molar-refractivity contribution >= 4 is 0 Å². The molecular weight excluding hydrogens is 216 g/mol. The summed E-state index contributed by atoms with van der Waals surface area (Å²) in [5, 5.41) is 0. The first-order valence-electron chi connectivity index (χ1n) is 7.27. The molecule has 0 unspecified atom stereocenters. The van der Waals surface area contributed by atoms with Crippen molar-refractivity contribution in [3.8, 4) is 0 Å². The van der Waals surface area contributed by atoms with E-state index in [1.165, 1.54) is 38.5 Å². The maximum Gasteiger partial charge on any atom is -0.0353 e. The van der Waals surface area contributed by atoms with Gasteiger partial charge in [0.25, 0.3) is 0 Å². The number of hydrogen-bond donors (Lipinski definition) is 0. The van der Waals surface area contributed by atoms with Crippen molar-refractivity contribution in [2.24, 2.45) is 0 Å². The van der Waals surface area contributed by atoms with Crippen molar-refractivity contribution in [2.45, 2.75) is 64.2 Å². The van der Waals surface area contributed by atoms with Gasteiger partial charge in [0.15, 0.2) is 0 Å². The third-order valence-electron chi connectivity index (χ3n) is 2.63. The number of allylic oxidation sites excluding steroid dienone is 4. The molecule has 0 rings (SSSR count). The average Bonchev–Trinajstić information content (AvgIpc) is 2.39. The minimum Gasteiger partial charge on any atom is -0.103 e. The van der Waals surface area contributed by atoms with Crippen LogP contribution in [0.5, 0.6) is 0 Å². The normalized spacial score (nSPS) is 8.89. The summed E-state index contributed by atoms with van der Waals surface area (Å²) in [6, 6.07) is 0. The molecule has 0 aromatic heterocycles. The molecule has 0 heterocycles. The predicted molar refractivity (Wildman–Crippen MR) is 87.0 cm³/mol. The van der Waals surface area contributed by atoms with E-state index in [9.17, 15) is 0 Å². The second-order valence-corrected chi connectivity index (χ2v) is 4.43. The molecule has 0 saturated carbocycles. The van der Waals surface area contributed by atoms with Crippen molar-refractivity contribution in [3.05, 3.63) is 50.6 Å². The second-order valence-electron chi connectivity index (χ2n) is 4.43. The zero-order chi connectivity index (χ0) is 13.9. The topological polar surface area (TPSA) is 0 Å². The molecule has 0 aromatic rings. The van der Waals surface area contributed by atoms with E-state index < -0.39 is 0 Å². The Morgan fingerprint density at radius 3 is 0.778 bits per heavy atom. The first-order valence-corrected chi connectivity index (χ1v) is 7.27. The zero-order valence-electron chi connectivity index (χ0n) is 12.2. The van der Waals surface area contributed by atoms with Crippen molar-refractivity contribution in [1.82, 2.24) is 0 Å². The van der Waals surface area contributed by atoms with Gasteiger partial charge in [0.05, 0.1) is 0 Å².